The van der Waals surface area contributed by atoms with Gasteiger partial charge in [0.1, 0.15) is 11.3 Å². The fourth-order valence-corrected chi connectivity index (χ4v) is 3.74. The van der Waals surface area contributed by atoms with Crippen molar-refractivity contribution in [3.63, 3.8) is 0 Å². The van der Waals surface area contributed by atoms with E-state index in [1.807, 2.05) is 0 Å². The molecule has 5 unspecified atom stereocenters. The standard InChI is InChI=1S/C15H16N2O6/c16-15(14(22)23)5-7(9-10(11(9)15)13(20)21)17-12(19)6-3-1-2-4-8(6)18/h1-4,7,9-11,18H,5,16H2,(H,17,19)(H,20,21)(H,22,23). The first-order valence-electron chi connectivity index (χ1n) is 7.11. The third-order valence-electron chi connectivity index (χ3n) is 4.84. The zero-order chi connectivity index (χ0) is 16.9. The maximum Gasteiger partial charge on any atom is 0.324 e. The molecule has 3 rings (SSSR count). The molecule has 0 heterocycles. The fourth-order valence-electron chi connectivity index (χ4n) is 3.74. The molecule has 8 nitrogen and oxygen atoms in total. The lowest BCUT2D eigenvalue weighted by molar-refractivity contribution is -0.145. The molecule has 2 aliphatic rings. The Bertz CT molecular complexity index is 705. The van der Waals surface area contributed by atoms with Gasteiger partial charge >= 0.3 is 11.9 Å². The maximum atomic E-state index is 12.2. The lowest BCUT2D eigenvalue weighted by atomic mass is 9.90. The van der Waals surface area contributed by atoms with Gasteiger partial charge in [0, 0.05) is 12.0 Å². The number of benzene rings is 1. The van der Waals surface area contributed by atoms with Gasteiger partial charge in [0.25, 0.3) is 5.91 Å². The first kappa shape index (κ1) is 15.3. The van der Waals surface area contributed by atoms with Crippen LogP contribution < -0.4 is 11.1 Å². The molecule has 0 aliphatic heterocycles. The molecular formula is C15H16N2O6. The smallest absolute Gasteiger partial charge is 0.324 e. The zero-order valence-corrected chi connectivity index (χ0v) is 12.0. The van der Waals surface area contributed by atoms with Crippen LogP contribution in [0.25, 0.3) is 0 Å². The molecule has 0 bridgehead atoms. The molecule has 1 aromatic rings. The van der Waals surface area contributed by atoms with Gasteiger partial charge in [-0.1, -0.05) is 12.1 Å². The molecule has 5 atom stereocenters. The Hall–Kier alpha value is -2.61. The quantitative estimate of drug-likeness (QED) is 0.507. The number of aliphatic carboxylic acids is 2. The fraction of sp³-hybridized carbons (Fsp3) is 0.400. The largest absolute Gasteiger partial charge is 0.507 e. The molecule has 0 saturated heterocycles. The number of amides is 1. The molecule has 1 amide bonds. The minimum atomic E-state index is -1.66. The predicted octanol–water partition coefficient (Wildman–Crippen LogP) is -0.377. The number of hydrogen-bond donors (Lipinski definition) is 5. The van der Waals surface area contributed by atoms with E-state index in [2.05, 4.69) is 5.32 Å². The van der Waals surface area contributed by atoms with Crippen molar-refractivity contribution in [2.24, 2.45) is 23.5 Å². The van der Waals surface area contributed by atoms with E-state index in [1.54, 1.807) is 12.1 Å². The molecule has 2 aliphatic carbocycles. The third-order valence-corrected chi connectivity index (χ3v) is 4.84. The summed E-state index contributed by atoms with van der Waals surface area (Å²) in [5.74, 6) is -5.26. The topological polar surface area (TPSA) is 150 Å². The Morgan fingerprint density at radius 2 is 1.87 bits per heavy atom. The molecule has 0 spiro atoms. The summed E-state index contributed by atoms with van der Waals surface area (Å²) >= 11 is 0. The van der Waals surface area contributed by atoms with Gasteiger partial charge in [-0.2, -0.15) is 0 Å². The van der Waals surface area contributed by atoms with Crippen LogP contribution in [0.4, 0.5) is 0 Å². The normalized spacial score (nSPS) is 34.5. The van der Waals surface area contributed by atoms with Gasteiger partial charge in [0.15, 0.2) is 0 Å². The van der Waals surface area contributed by atoms with Crippen LogP contribution in [0.5, 0.6) is 5.75 Å². The number of carboxylic acid groups (broad SMARTS) is 2. The van der Waals surface area contributed by atoms with Crippen LogP contribution in [-0.2, 0) is 9.59 Å². The number of carbonyl (C=O) groups excluding carboxylic acids is 1. The van der Waals surface area contributed by atoms with Crippen LogP contribution in [0.1, 0.15) is 16.8 Å². The van der Waals surface area contributed by atoms with Gasteiger partial charge in [-0.3, -0.25) is 14.4 Å². The van der Waals surface area contributed by atoms with Crippen molar-refractivity contribution in [2.75, 3.05) is 0 Å². The summed E-state index contributed by atoms with van der Waals surface area (Å²) in [6, 6.07) is 5.26. The number of phenolic OH excluding ortho intramolecular Hbond substituents is 1. The van der Waals surface area contributed by atoms with Gasteiger partial charge in [-0.15, -0.1) is 0 Å². The maximum absolute atomic E-state index is 12.2. The summed E-state index contributed by atoms with van der Waals surface area (Å²) in [7, 11) is 0. The van der Waals surface area contributed by atoms with E-state index < -0.39 is 47.2 Å². The Morgan fingerprint density at radius 3 is 2.43 bits per heavy atom. The van der Waals surface area contributed by atoms with Crippen molar-refractivity contribution < 1.29 is 29.7 Å². The highest BCUT2D eigenvalue weighted by Crippen LogP contribution is 2.61. The van der Waals surface area contributed by atoms with Crippen LogP contribution in [0.15, 0.2) is 24.3 Å². The van der Waals surface area contributed by atoms with E-state index in [0.29, 0.717) is 0 Å². The average Bonchev–Trinajstić information content (AvgIpc) is 3.16. The zero-order valence-electron chi connectivity index (χ0n) is 12.0. The molecule has 1 aromatic carbocycles. The van der Waals surface area contributed by atoms with Crippen LogP contribution in [0.3, 0.4) is 0 Å². The van der Waals surface area contributed by atoms with Crippen LogP contribution in [0.2, 0.25) is 0 Å². The number of phenols is 1. The number of aromatic hydroxyl groups is 1. The van der Waals surface area contributed by atoms with E-state index >= 15 is 0 Å². The lowest BCUT2D eigenvalue weighted by Gasteiger charge is -2.25. The van der Waals surface area contributed by atoms with Gasteiger partial charge in [0.05, 0.1) is 11.5 Å². The second-order valence-electron chi connectivity index (χ2n) is 6.11. The summed E-state index contributed by atoms with van der Waals surface area (Å²) in [5, 5.41) is 30.8. The van der Waals surface area contributed by atoms with Crippen molar-refractivity contribution >= 4 is 17.8 Å². The first-order valence-corrected chi connectivity index (χ1v) is 7.11. The predicted molar refractivity (Wildman–Crippen MR) is 76.6 cm³/mol. The second kappa shape index (κ2) is 4.95. The van der Waals surface area contributed by atoms with E-state index in [-0.39, 0.29) is 17.7 Å². The summed E-state index contributed by atoms with van der Waals surface area (Å²) in [6.45, 7) is 0. The van der Waals surface area contributed by atoms with Crippen molar-refractivity contribution in [1.82, 2.24) is 5.32 Å². The number of nitrogens with two attached hydrogens (primary N) is 1. The van der Waals surface area contributed by atoms with Crippen molar-refractivity contribution in [3.8, 4) is 5.75 Å². The molecule has 23 heavy (non-hydrogen) atoms. The Labute approximate surface area is 130 Å². The summed E-state index contributed by atoms with van der Waals surface area (Å²) in [5.41, 5.74) is 4.27. The van der Waals surface area contributed by atoms with E-state index in [9.17, 15) is 29.7 Å². The average molecular weight is 320 g/mol. The Balaban J connectivity index is 1.82. The number of para-hydroxylation sites is 1. The molecule has 8 heteroatoms. The van der Waals surface area contributed by atoms with E-state index in [4.69, 9.17) is 5.73 Å². The summed E-state index contributed by atoms with van der Waals surface area (Å²) in [6.07, 6.45) is -0.0409. The highest BCUT2D eigenvalue weighted by Gasteiger charge is 2.74. The Morgan fingerprint density at radius 1 is 1.22 bits per heavy atom. The number of carboxylic acids is 2. The van der Waals surface area contributed by atoms with Gasteiger partial charge in [-0.25, -0.2) is 0 Å². The molecule has 2 fully saturated rings. The second-order valence-corrected chi connectivity index (χ2v) is 6.11. The molecule has 0 radical (unpaired) electrons. The number of rotatable bonds is 4. The van der Waals surface area contributed by atoms with Gasteiger partial charge in [-0.05, 0) is 24.5 Å². The molecule has 122 valence electrons. The number of hydrogen-bond acceptors (Lipinski definition) is 5. The highest BCUT2D eigenvalue weighted by molar-refractivity contribution is 5.97. The first-order chi connectivity index (χ1) is 10.8. The molecule has 2 saturated carbocycles. The van der Waals surface area contributed by atoms with Crippen molar-refractivity contribution in [3.05, 3.63) is 29.8 Å². The third kappa shape index (κ3) is 2.22. The molecular weight excluding hydrogens is 304 g/mol. The van der Waals surface area contributed by atoms with Crippen LogP contribution in [-0.4, -0.2) is 44.7 Å². The molecule has 0 aromatic heterocycles. The van der Waals surface area contributed by atoms with Crippen molar-refractivity contribution in [1.29, 1.82) is 0 Å². The lowest BCUT2D eigenvalue weighted by Crippen LogP contribution is -2.52. The van der Waals surface area contributed by atoms with Crippen LogP contribution in [0, 0.1) is 17.8 Å². The van der Waals surface area contributed by atoms with Crippen molar-refractivity contribution in [2.45, 2.75) is 18.0 Å². The SMILES string of the molecule is NC1(C(=O)O)CC(NC(=O)c2ccccc2O)C2C(C(=O)O)C21. The molecule has 6 N–H and O–H groups in total. The van der Waals surface area contributed by atoms with Crippen LogP contribution >= 0.6 is 0 Å². The number of carbonyl (C=O) groups is 3. The number of nitrogens with one attached hydrogen (secondary N) is 1. The summed E-state index contributed by atoms with van der Waals surface area (Å²) in [4.78, 5) is 34.9. The highest BCUT2D eigenvalue weighted by atomic mass is 16.4. The van der Waals surface area contributed by atoms with E-state index in [0.717, 1.165) is 0 Å². The monoisotopic (exact) mass is 320 g/mol. The minimum Gasteiger partial charge on any atom is -0.507 e. The minimum absolute atomic E-state index is 0.0409. The summed E-state index contributed by atoms with van der Waals surface area (Å²) < 4.78 is 0. The van der Waals surface area contributed by atoms with Gasteiger partial charge < -0.3 is 26.4 Å². The van der Waals surface area contributed by atoms with Gasteiger partial charge in [0.2, 0.25) is 0 Å². The Kier molecular flexibility index (Phi) is 3.29. The van der Waals surface area contributed by atoms with E-state index in [1.165, 1.54) is 12.1 Å². The number of fused-ring (bicyclic) bond motifs is 1.